The standard InChI is InChI=1S/C27H43BrCl3F3O3.C18H33ClO/c1-3-5-6-7-8-9-10-11-12-13-14-15-16-17-18-19-20-21(22(29)35)26(32,27(33,34)24(31)37)25(28,4-2)23(30)36;1-2-3-4-5-6-7-8-9-10-11-12-13-14-15-16-17-18(19)20/h21H,3-20H2,1-2H3;7-8H,2-6,9-17H2,1H3/b;8-7-. The lowest BCUT2D eigenvalue weighted by atomic mass is 9.71. The second-order valence-electron chi connectivity index (χ2n) is 15.6. The summed E-state index contributed by atoms with van der Waals surface area (Å²) in [6, 6.07) is 0. The van der Waals surface area contributed by atoms with Crippen molar-refractivity contribution < 1.29 is 32.3 Å². The first-order valence-electron chi connectivity index (χ1n) is 22.3. The van der Waals surface area contributed by atoms with Crippen LogP contribution in [0.15, 0.2) is 12.2 Å². The molecule has 57 heavy (non-hydrogen) atoms. The summed E-state index contributed by atoms with van der Waals surface area (Å²) >= 11 is 24.0. The number of allylic oxidation sites excluding steroid dienone is 2. The van der Waals surface area contributed by atoms with Crippen LogP contribution in [-0.4, -0.2) is 36.9 Å². The van der Waals surface area contributed by atoms with Crippen LogP contribution < -0.4 is 0 Å². The van der Waals surface area contributed by atoms with Gasteiger partial charge in [-0.15, -0.1) is 0 Å². The van der Waals surface area contributed by atoms with Gasteiger partial charge in [-0.25, -0.2) is 4.39 Å². The van der Waals surface area contributed by atoms with Gasteiger partial charge in [-0.3, -0.25) is 19.2 Å². The number of carbonyl (C=O) groups excluding carboxylic acids is 4. The zero-order chi connectivity index (χ0) is 43.4. The van der Waals surface area contributed by atoms with E-state index in [1.54, 1.807) is 0 Å². The molecule has 3 unspecified atom stereocenters. The number of halogens is 8. The summed E-state index contributed by atoms with van der Waals surface area (Å²) in [7, 11) is 0. The molecule has 0 N–H and O–H groups in total. The quantitative estimate of drug-likeness (QED) is 0.0266. The van der Waals surface area contributed by atoms with Gasteiger partial charge in [-0.1, -0.05) is 203 Å². The lowest BCUT2D eigenvalue weighted by molar-refractivity contribution is -0.185. The van der Waals surface area contributed by atoms with Crippen LogP contribution in [0.1, 0.15) is 226 Å². The molecule has 0 radical (unpaired) electrons. The van der Waals surface area contributed by atoms with Gasteiger partial charge in [0, 0.05) is 6.42 Å². The molecule has 0 aromatic heterocycles. The monoisotopic (exact) mass is 956 g/mol. The molecule has 0 amide bonds. The van der Waals surface area contributed by atoms with Gasteiger partial charge in [0.2, 0.25) is 21.4 Å². The molecule has 3 atom stereocenters. The minimum atomic E-state index is -4.89. The van der Waals surface area contributed by atoms with E-state index >= 15 is 4.39 Å². The fourth-order valence-electron chi connectivity index (χ4n) is 7.13. The van der Waals surface area contributed by atoms with E-state index < -0.39 is 44.0 Å². The van der Waals surface area contributed by atoms with E-state index in [2.05, 4.69) is 41.9 Å². The summed E-state index contributed by atoms with van der Waals surface area (Å²) in [5, 5.41) is -5.45. The molecule has 0 aliphatic carbocycles. The minimum Gasteiger partial charge on any atom is -0.281 e. The first kappa shape index (κ1) is 58.9. The zero-order valence-corrected chi connectivity index (χ0v) is 40.1. The molecular formula is C45H76BrCl4F3O4. The summed E-state index contributed by atoms with van der Waals surface area (Å²) < 4.78 is 43.2. The average molecular weight is 960 g/mol. The van der Waals surface area contributed by atoms with Crippen molar-refractivity contribution in [3.63, 3.8) is 0 Å². The second kappa shape index (κ2) is 37.6. The Kier molecular flexibility index (Phi) is 38.9. The SMILES string of the molecule is CCCCCC/C=C\CCCCCCCCCC(=O)Cl.CCCCCCCCCCCCCCCCCCC(C(=O)Cl)C(F)(C(F)(F)C(=O)Cl)C(Br)(CC)C(=O)Cl. The molecule has 0 aliphatic heterocycles. The normalized spacial score (nSPS) is 14.4. The summed E-state index contributed by atoms with van der Waals surface area (Å²) in [6.07, 6.45) is 38.5. The maximum Gasteiger partial charge on any atom is 0.355 e. The van der Waals surface area contributed by atoms with Crippen molar-refractivity contribution in [2.45, 2.75) is 242 Å². The van der Waals surface area contributed by atoms with E-state index in [9.17, 15) is 28.0 Å². The van der Waals surface area contributed by atoms with Gasteiger partial charge in [0.1, 0.15) is 4.32 Å². The molecule has 12 heteroatoms. The van der Waals surface area contributed by atoms with Crippen molar-refractivity contribution in [1.29, 1.82) is 0 Å². The molecule has 0 aromatic carbocycles. The van der Waals surface area contributed by atoms with Crippen molar-refractivity contribution in [1.82, 2.24) is 0 Å². The Labute approximate surface area is 373 Å². The highest BCUT2D eigenvalue weighted by Crippen LogP contribution is 2.55. The highest BCUT2D eigenvalue weighted by Gasteiger charge is 2.75. The Morgan fingerprint density at radius 2 is 0.842 bits per heavy atom. The number of alkyl halides is 4. The number of carbonyl (C=O) groups is 4. The topological polar surface area (TPSA) is 68.3 Å². The molecule has 0 fully saturated rings. The van der Waals surface area contributed by atoms with Crippen LogP contribution >= 0.6 is 62.3 Å². The van der Waals surface area contributed by atoms with Crippen LogP contribution in [-0.2, 0) is 19.2 Å². The van der Waals surface area contributed by atoms with Gasteiger partial charge in [-0.05, 0) is 91.3 Å². The fourth-order valence-corrected chi connectivity index (χ4v) is 8.45. The summed E-state index contributed by atoms with van der Waals surface area (Å²) in [5.74, 6) is -7.05. The van der Waals surface area contributed by atoms with Crippen LogP contribution in [0.5, 0.6) is 0 Å². The number of unbranched alkanes of at least 4 members (excludes halogenated alkanes) is 26. The van der Waals surface area contributed by atoms with E-state index in [0.29, 0.717) is 12.8 Å². The Bertz CT molecular complexity index is 1080. The third-order valence-corrected chi connectivity index (χ3v) is 13.6. The van der Waals surface area contributed by atoms with Gasteiger partial charge in [0.05, 0.1) is 5.92 Å². The Morgan fingerprint density at radius 1 is 0.509 bits per heavy atom. The van der Waals surface area contributed by atoms with Crippen molar-refractivity contribution in [3.8, 4) is 0 Å². The van der Waals surface area contributed by atoms with Gasteiger partial charge in [0.15, 0.2) is 0 Å². The van der Waals surface area contributed by atoms with Gasteiger partial charge < -0.3 is 0 Å². The van der Waals surface area contributed by atoms with Crippen molar-refractivity contribution in [2.24, 2.45) is 5.92 Å². The van der Waals surface area contributed by atoms with Gasteiger partial charge in [-0.2, -0.15) is 8.78 Å². The first-order chi connectivity index (χ1) is 27.1. The second-order valence-corrected chi connectivity index (χ2v) is 18.5. The van der Waals surface area contributed by atoms with Crippen LogP contribution in [0.4, 0.5) is 13.2 Å². The number of hydrogen-bond donors (Lipinski definition) is 0. The third kappa shape index (κ3) is 26.7. The van der Waals surface area contributed by atoms with Crippen LogP contribution in [0.3, 0.4) is 0 Å². The lowest BCUT2D eigenvalue weighted by Crippen LogP contribution is -2.67. The zero-order valence-electron chi connectivity index (χ0n) is 35.5. The molecule has 4 nitrogen and oxygen atoms in total. The Hall–Kier alpha value is -0.150. The van der Waals surface area contributed by atoms with E-state index in [0.717, 1.165) is 38.5 Å². The highest BCUT2D eigenvalue weighted by molar-refractivity contribution is 9.10. The maximum absolute atomic E-state index is 16.2. The summed E-state index contributed by atoms with van der Waals surface area (Å²) in [5.41, 5.74) is -4.04. The van der Waals surface area contributed by atoms with E-state index in [1.165, 1.54) is 142 Å². The molecule has 336 valence electrons. The molecule has 0 saturated heterocycles. The molecule has 0 bridgehead atoms. The van der Waals surface area contributed by atoms with E-state index in [4.69, 9.17) is 46.4 Å². The molecule has 0 saturated carbocycles. The van der Waals surface area contributed by atoms with Crippen LogP contribution in [0, 0.1) is 5.92 Å². The predicted octanol–water partition coefficient (Wildman–Crippen LogP) is 17.2. The highest BCUT2D eigenvalue weighted by atomic mass is 79.9. The summed E-state index contributed by atoms with van der Waals surface area (Å²) in [4.78, 5) is 46.1. The molecule has 0 aliphatic rings. The van der Waals surface area contributed by atoms with Crippen molar-refractivity contribution in [3.05, 3.63) is 12.2 Å². The summed E-state index contributed by atoms with van der Waals surface area (Å²) in [6.45, 7) is 5.70. The van der Waals surface area contributed by atoms with E-state index in [1.807, 2.05) is 0 Å². The maximum atomic E-state index is 16.2. The van der Waals surface area contributed by atoms with Crippen molar-refractivity contribution in [2.75, 3.05) is 0 Å². The largest absolute Gasteiger partial charge is 0.355 e. The lowest BCUT2D eigenvalue weighted by Gasteiger charge is -2.45. The fraction of sp³-hybridized carbons (Fsp3) is 0.867. The number of hydrogen-bond acceptors (Lipinski definition) is 4. The van der Waals surface area contributed by atoms with Crippen LogP contribution in [0.2, 0.25) is 0 Å². The molecule has 0 rings (SSSR count). The van der Waals surface area contributed by atoms with E-state index in [-0.39, 0.29) is 18.1 Å². The number of rotatable bonds is 39. The molecule has 0 heterocycles. The van der Waals surface area contributed by atoms with Gasteiger partial charge >= 0.3 is 5.92 Å². The van der Waals surface area contributed by atoms with Crippen LogP contribution in [0.25, 0.3) is 0 Å². The molecule has 0 spiro atoms. The molecular weight excluding hydrogens is 883 g/mol. The smallest absolute Gasteiger partial charge is 0.281 e. The third-order valence-electron chi connectivity index (χ3n) is 10.8. The molecule has 0 aromatic rings. The average Bonchev–Trinajstić information content (AvgIpc) is 3.16. The predicted molar refractivity (Wildman–Crippen MR) is 241 cm³/mol. The Balaban J connectivity index is 0. The first-order valence-corrected chi connectivity index (χ1v) is 24.6. The Morgan fingerprint density at radius 3 is 1.16 bits per heavy atom. The minimum absolute atomic E-state index is 0.188. The van der Waals surface area contributed by atoms with Gasteiger partial charge in [0.25, 0.3) is 5.24 Å². The van der Waals surface area contributed by atoms with Crippen molar-refractivity contribution >= 4 is 83.3 Å².